The lowest BCUT2D eigenvalue weighted by molar-refractivity contribution is 1.14. The Morgan fingerprint density at radius 2 is 2.07 bits per heavy atom. The molecule has 2 heterocycles. The standard InChI is InChI=1S/C12H9N3/c1-2-5-10-9(4-1)8-12-11(14-10)6-3-7-13-15-12/h1-8,14H. The molecule has 1 N–H and O–H groups in total. The summed E-state index contributed by atoms with van der Waals surface area (Å²) in [5.41, 5.74) is 4.12. The van der Waals surface area contributed by atoms with Crippen molar-refractivity contribution in [1.29, 1.82) is 0 Å². The molecule has 0 saturated heterocycles. The van der Waals surface area contributed by atoms with Gasteiger partial charge in [0, 0.05) is 17.5 Å². The number of anilines is 1. The summed E-state index contributed by atoms with van der Waals surface area (Å²) in [4.78, 5) is 0. The SMILES string of the molecule is C1=CN=NC2=Cc3ccccc3NC2=C1. The predicted molar refractivity (Wildman–Crippen MR) is 60.1 cm³/mol. The molecule has 1 aromatic carbocycles. The topological polar surface area (TPSA) is 36.8 Å². The van der Waals surface area contributed by atoms with Gasteiger partial charge in [-0.2, -0.15) is 5.11 Å². The van der Waals surface area contributed by atoms with Crippen LogP contribution in [0.2, 0.25) is 0 Å². The summed E-state index contributed by atoms with van der Waals surface area (Å²) in [6.07, 6.45) is 7.56. The molecular weight excluding hydrogens is 186 g/mol. The largest absolute Gasteiger partial charge is 0.353 e. The number of benzene rings is 1. The average molecular weight is 195 g/mol. The third-order valence-corrected chi connectivity index (χ3v) is 2.38. The molecular formula is C12H9N3. The molecule has 15 heavy (non-hydrogen) atoms. The van der Waals surface area contributed by atoms with Gasteiger partial charge in [0.1, 0.15) is 5.70 Å². The number of azo groups is 1. The Bertz CT molecular complexity index is 521. The molecule has 0 radical (unpaired) electrons. The highest BCUT2D eigenvalue weighted by Crippen LogP contribution is 2.30. The van der Waals surface area contributed by atoms with Crippen molar-refractivity contribution in [2.45, 2.75) is 0 Å². The minimum Gasteiger partial charge on any atom is -0.353 e. The second kappa shape index (κ2) is 3.20. The lowest BCUT2D eigenvalue weighted by atomic mass is 10.1. The van der Waals surface area contributed by atoms with Crippen LogP contribution in [0.4, 0.5) is 5.69 Å². The first-order valence-electron chi connectivity index (χ1n) is 4.79. The van der Waals surface area contributed by atoms with Crippen molar-refractivity contribution in [1.82, 2.24) is 0 Å². The number of nitrogens with one attached hydrogen (secondary N) is 1. The van der Waals surface area contributed by atoms with E-state index in [2.05, 4.69) is 27.7 Å². The highest BCUT2D eigenvalue weighted by molar-refractivity contribution is 5.77. The first kappa shape index (κ1) is 8.17. The summed E-state index contributed by atoms with van der Waals surface area (Å²) in [5.74, 6) is 0. The molecule has 0 saturated carbocycles. The van der Waals surface area contributed by atoms with Gasteiger partial charge in [-0.15, -0.1) is 5.11 Å². The van der Waals surface area contributed by atoms with E-state index >= 15 is 0 Å². The van der Waals surface area contributed by atoms with Gasteiger partial charge in [0.25, 0.3) is 0 Å². The fourth-order valence-electron chi connectivity index (χ4n) is 1.65. The number of rotatable bonds is 0. The van der Waals surface area contributed by atoms with Gasteiger partial charge in [-0.25, -0.2) is 0 Å². The van der Waals surface area contributed by atoms with Crippen molar-refractivity contribution < 1.29 is 0 Å². The number of hydrogen-bond donors (Lipinski definition) is 1. The molecule has 0 amide bonds. The van der Waals surface area contributed by atoms with E-state index in [4.69, 9.17) is 0 Å². The molecule has 1 aromatic rings. The van der Waals surface area contributed by atoms with Gasteiger partial charge in [0.15, 0.2) is 0 Å². The maximum atomic E-state index is 4.11. The van der Waals surface area contributed by atoms with E-state index in [9.17, 15) is 0 Å². The Hall–Kier alpha value is -2.16. The van der Waals surface area contributed by atoms with Crippen LogP contribution in [-0.2, 0) is 0 Å². The Morgan fingerprint density at radius 3 is 3.07 bits per heavy atom. The molecule has 2 aliphatic rings. The van der Waals surface area contributed by atoms with Gasteiger partial charge < -0.3 is 5.32 Å². The number of allylic oxidation sites excluding steroid dienone is 2. The van der Waals surface area contributed by atoms with E-state index in [0.29, 0.717) is 0 Å². The predicted octanol–water partition coefficient (Wildman–Crippen LogP) is 3.32. The maximum absolute atomic E-state index is 4.11. The number of hydrogen-bond acceptors (Lipinski definition) is 3. The molecule has 3 rings (SSSR count). The lowest BCUT2D eigenvalue weighted by Crippen LogP contribution is -2.06. The smallest absolute Gasteiger partial charge is 0.110 e. The van der Waals surface area contributed by atoms with Crippen LogP contribution in [0.15, 0.2) is 64.2 Å². The van der Waals surface area contributed by atoms with Crippen LogP contribution in [0.5, 0.6) is 0 Å². The van der Waals surface area contributed by atoms with Gasteiger partial charge in [0.05, 0.1) is 5.70 Å². The zero-order chi connectivity index (χ0) is 10.1. The second-order valence-electron chi connectivity index (χ2n) is 3.38. The quantitative estimate of drug-likeness (QED) is 0.677. The van der Waals surface area contributed by atoms with Gasteiger partial charge in [-0.3, -0.25) is 0 Å². The van der Waals surface area contributed by atoms with Gasteiger partial charge in [0.2, 0.25) is 0 Å². The van der Waals surface area contributed by atoms with Crippen LogP contribution in [0.1, 0.15) is 5.56 Å². The van der Waals surface area contributed by atoms with Crippen LogP contribution in [0, 0.1) is 0 Å². The number of nitrogens with zero attached hydrogens (tertiary/aromatic N) is 2. The Morgan fingerprint density at radius 1 is 1.13 bits per heavy atom. The second-order valence-corrected chi connectivity index (χ2v) is 3.38. The maximum Gasteiger partial charge on any atom is 0.110 e. The normalized spacial score (nSPS) is 16.8. The molecule has 3 nitrogen and oxygen atoms in total. The Kier molecular flexibility index (Phi) is 1.75. The van der Waals surface area contributed by atoms with Crippen molar-refractivity contribution >= 4 is 11.8 Å². The van der Waals surface area contributed by atoms with Crippen LogP contribution in [0.25, 0.3) is 6.08 Å². The van der Waals surface area contributed by atoms with Gasteiger partial charge in [-0.05, 0) is 24.3 Å². The third kappa shape index (κ3) is 1.38. The fourth-order valence-corrected chi connectivity index (χ4v) is 1.65. The van der Waals surface area contributed by atoms with Crippen molar-refractivity contribution in [3.8, 4) is 0 Å². The average Bonchev–Trinajstić information content (AvgIpc) is 2.50. The number of para-hydroxylation sites is 1. The third-order valence-electron chi connectivity index (χ3n) is 2.38. The van der Waals surface area contributed by atoms with Crippen LogP contribution in [-0.4, -0.2) is 0 Å². The molecule has 0 bridgehead atoms. The zero-order valence-corrected chi connectivity index (χ0v) is 8.01. The summed E-state index contributed by atoms with van der Waals surface area (Å²) in [5, 5.41) is 11.4. The molecule has 0 atom stereocenters. The molecule has 0 spiro atoms. The molecule has 0 fully saturated rings. The van der Waals surface area contributed by atoms with E-state index < -0.39 is 0 Å². The minimum atomic E-state index is 0.874. The van der Waals surface area contributed by atoms with E-state index in [1.165, 1.54) is 0 Å². The molecule has 72 valence electrons. The van der Waals surface area contributed by atoms with Gasteiger partial charge in [-0.1, -0.05) is 18.2 Å². The summed E-state index contributed by atoms with van der Waals surface area (Å²) in [6.45, 7) is 0. The van der Waals surface area contributed by atoms with Crippen LogP contribution < -0.4 is 5.32 Å². The summed E-state index contributed by atoms with van der Waals surface area (Å²) in [7, 11) is 0. The molecule has 0 unspecified atom stereocenters. The van der Waals surface area contributed by atoms with Crippen molar-refractivity contribution in [3.63, 3.8) is 0 Å². The summed E-state index contributed by atoms with van der Waals surface area (Å²) in [6, 6.07) is 8.13. The monoisotopic (exact) mass is 195 g/mol. The Labute approximate surface area is 87.5 Å². The summed E-state index contributed by atoms with van der Waals surface area (Å²) >= 11 is 0. The van der Waals surface area contributed by atoms with Crippen LogP contribution in [0.3, 0.4) is 0 Å². The number of fused-ring (bicyclic) bond motifs is 2. The first-order chi connectivity index (χ1) is 7.43. The van der Waals surface area contributed by atoms with Crippen LogP contribution >= 0.6 is 0 Å². The van der Waals surface area contributed by atoms with E-state index in [-0.39, 0.29) is 0 Å². The fraction of sp³-hybridized carbons (Fsp3) is 0. The first-order valence-corrected chi connectivity index (χ1v) is 4.79. The molecule has 0 aliphatic carbocycles. The van der Waals surface area contributed by atoms with E-state index in [0.717, 1.165) is 22.6 Å². The zero-order valence-electron chi connectivity index (χ0n) is 8.01. The van der Waals surface area contributed by atoms with Crippen molar-refractivity contribution in [3.05, 3.63) is 59.6 Å². The van der Waals surface area contributed by atoms with E-state index in [1.54, 1.807) is 6.20 Å². The van der Waals surface area contributed by atoms with E-state index in [1.807, 2.05) is 30.4 Å². The molecule has 2 aliphatic heterocycles. The minimum absolute atomic E-state index is 0.874. The highest BCUT2D eigenvalue weighted by atomic mass is 15.1. The summed E-state index contributed by atoms with van der Waals surface area (Å²) < 4.78 is 0. The highest BCUT2D eigenvalue weighted by Gasteiger charge is 2.13. The molecule has 3 heteroatoms. The Balaban J connectivity index is 2.17. The van der Waals surface area contributed by atoms with Crippen molar-refractivity contribution in [2.24, 2.45) is 10.2 Å². The van der Waals surface area contributed by atoms with Gasteiger partial charge >= 0.3 is 0 Å². The lowest BCUT2D eigenvalue weighted by Gasteiger charge is -2.17. The molecule has 0 aromatic heterocycles. The van der Waals surface area contributed by atoms with Crippen molar-refractivity contribution in [2.75, 3.05) is 5.32 Å².